The summed E-state index contributed by atoms with van der Waals surface area (Å²) in [5, 5.41) is 12.4. The van der Waals surface area contributed by atoms with Gasteiger partial charge in [-0.15, -0.1) is 0 Å². The van der Waals surface area contributed by atoms with Crippen molar-refractivity contribution in [2.75, 3.05) is 37.5 Å². The van der Waals surface area contributed by atoms with Crippen molar-refractivity contribution in [2.45, 2.75) is 44.8 Å². The molecule has 0 radical (unpaired) electrons. The van der Waals surface area contributed by atoms with E-state index in [0.717, 1.165) is 25.7 Å². The highest BCUT2D eigenvalue weighted by atomic mass is 19.1. The van der Waals surface area contributed by atoms with E-state index >= 15 is 4.39 Å². The lowest BCUT2D eigenvalue weighted by Crippen LogP contribution is -2.26. The highest BCUT2D eigenvalue weighted by molar-refractivity contribution is 6.02. The molecule has 6 nitrogen and oxygen atoms in total. The summed E-state index contributed by atoms with van der Waals surface area (Å²) >= 11 is 0. The zero-order valence-corrected chi connectivity index (χ0v) is 18.4. The maximum absolute atomic E-state index is 15.7. The summed E-state index contributed by atoms with van der Waals surface area (Å²) in [6, 6.07) is 0.0830. The molecule has 1 aromatic heterocycles. The Morgan fingerprint density at radius 1 is 1.19 bits per heavy atom. The summed E-state index contributed by atoms with van der Waals surface area (Å²) < 4.78 is 41.7. The van der Waals surface area contributed by atoms with Gasteiger partial charge in [0.2, 0.25) is 5.43 Å². The number of fused-ring (bicyclic) bond motifs is 1. The van der Waals surface area contributed by atoms with E-state index < -0.39 is 23.4 Å². The lowest BCUT2D eigenvalue weighted by molar-refractivity contribution is 0.0695. The number of hydrogen-bond donors (Lipinski definition) is 2. The molecule has 0 bridgehead atoms. The molecule has 3 fully saturated rings. The molecule has 1 aliphatic heterocycles. The van der Waals surface area contributed by atoms with E-state index in [1.807, 2.05) is 0 Å². The van der Waals surface area contributed by atoms with Gasteiger partial charge in [0.25, 0.3) is 0 Å². The molecule has 2 unspecified atom stereocenters. The number of anilines is 2. The Balaban J connectivity index is 0.00000119. The van der Waals surface area contributed by atoms with Gasteiger partial charge in [-0.05, 0) is 44.1 Å². The van der Waals surface area contributed by atoms with Crippen molar-refractivity contribution in [1.29, 1.82) is 0 Å². The number of alkyl halides is 2. The smallest absolute Gasteiger partial charge is 0.341 e. The zero-order valence-electron chi connectivity index (χ0n) is 18.4. The molecule has 3 aliphatic rings. The number of aromatic nitrogens is 1. The van der Waals surface area contributed by atoms with E-state index in [9.17, 15) is 23.5 Å². The molecule has 32 heavy (non-hydrogen) atoms. The van der Waals surface area contributed by atoms with Gasteiger partial charge >= 0.3 is 5.97 Å². The molecule has 2 saturated carbocycles. The summed E-state index contributed by atoms with van der Waals surface area (Å²) in [5.74, 6) is -1.65. The van der Waals surface area contributed by atoms with Crippen LogP contribution in [-0.4, -0.2) is 49.1 Å². The average molecular weight is 451 g/mol. The molecule has 5 rings (SSSR count). The highest BCUT2D eigenvalue weighted by Gasteiger charge is 2.44. The molecule has 1 aromatic carbocycles. The maximum Gasteiger partial charge on any atom is 0.341 e. The predicted octanol–water partition coefficient (Wildman–Crippen LogP) is 4.29. The van der Waals surface area contributed by atoms with Gasteiger partial charge < -0.3 is 19.9 Å². The van der Waals surface area contributed by atoms with Crippen molar-refractivity contribution in [3.8, 4) is 0 Å². The van der Waals surface area contributed by atoms with Gasteiger partial charge in [-0.3, -0.25) is 9.18 Å². The van der Waals surface area contributed by atoms with Gasteiger partial charge in [0.05, 0.1) is 29.5 Å². The summed E-state index contributed by atoms with van der Waals surface area (Å²) in [4.78, 5) is 26.4. The van der Waals surface area contributed by atoms with Crippen molar-refractivity contribution in [2.24, 2.45) is 11.8 Å². The van der Waals surface area contributed by atoms with E-state index in [2.05, 4.69) is 5.32 Å². The minimum atomic E-state index is -1.33. The molecule has 1 saturated heterocycles. The zero-order chi connectivity index (χ0) is 23.3. The van der Waals surface area contributed by atoms with Crippen LogP contribution in [-0.2, 0) is 0 Å². The Kier molecular flexibility index (Phi) is 5.85. The van der Waals surface area contributed by atoms with Crippen molar-refractivity contribution in [3.05, 3.63) is 33.4 Å². The number of carbonyl (C=O) groups is 1. The van der Waals surface area contributed by atoms with Crippen LogP contribution in [0.1, 0.15) is 47.6 Å². The number of rotatable bonds is 5. The third-order valence-electron chi connectivity index (χ3n) is 6.88. The fraction of sp³-hybridized carbons (Fsp3) is 0.565. The minimum absolute atomic E-state index is 0.0154. The molecule has 2 heterocycles. The third-order valence-corrected chi connectivity index (χ3v) is 6.88. The fourth-order valence-electron chi connectivity index (χ4n) is 5.10. The lowest BCUT2D eigenvalue weighted by atomic mass is 10.0. The van der Waals surface area contributed by atoms with Crippen LogP contribution in [0, 0.1) is 24.6 Å². The Hall–Kier alpha value is -2.71. The van der Waals surface area contributed by atoms with Gasteiger partial charge in [-0.25, -0.2) is 13.6 Å². The molecule has 2 N–H and O–H groups in total. The van der Waals surface area contributed by atoms with E-state index in [0.29, 0.717) is 36.4 Å². The number of hydrogen-bond acceptors (Lipinski definition) is 4. The monoisotopic (exact) mass is 451 g/mol. The normalized spacial score (nSPS) is 22.6. The summed E-state index contributed by atoms with van der Waals surface area (Å²) in [6.07, 6.45) is 4.19. The Morgan fingerprint density at radius 3 is 2.38 bits per heavy atom. The van der Waals surface area contributed by atoms with E-state index in [1.165, 1.54) is 13.2 Å². The van der Waals surface area contributed by atoms with Gasteiger partial charge in [-0.2, -0.15) is 0 Å². The van der Waals surface area contributed by atoms with Crippen LogP contribution in [0.25, 0.3) is 10.9 Å². The van der Waals surface area contributed by atoms with Gasteiger partial charge in [0, 0.05) is 38.3 Å². The first-order valence-corrected chi connectivity index (χ1v) is 10.9. The first-order valence-electron chi connectivity index (χ1n) is 10.9. The number of benzene rings is 1. The van der Waals surface area contributed by atoms with Crippen LogP contribution in [0.15, 0.2) is 11.0 Å². The van der Waals surface area contributed by atoms with Crippen LogP contribution >= 0.6 is 0 Å². The molecular weight excluding hydrogens is 423 g/mol. The van der Waals surface area contributed by atoms with Gasteiger partial charge in [-0.1, -0.05) is 0 Å². The quantitative estimate of drug-likeness (QED) is 0.709. The lowest BCUT2D eigenvalue weighted by Gasteiger charge is -2.26. The van der Waals surface area contributed by atoms with Crippen molar-refractivity contribution in [1.82, 2.24) is 4.57 Å². The van der Waals surface area contributed by atoms with Crippen molar-refractivity contribution >= 4 is 28.2 Å². The number of pyridine rings is 1. The summed E-state index contributed by atoms with van der Waals surface area (Å²) in [6.45, 7) is 2.34. The average Bonchev–Trinajstić information content (AvgIpc) is 3.68. The molecule has 0 amide bonds. The molecule has 0 spiro atoms. The second-order valence-electron chi connectivity index (χ2n) is 8.87. The minimum Gasteiger partial charge on any atom is -0.477 e. The van der Waals surface area contributed by atoms with E-state index in [4.69, 9.17) is 0 Å². The van der Waals surface area contributed by atoms with Crippen LogP contribution in [0.2, 0.25) is 0 Å². The molecular formula is C23H28F3N3O3. The van der Waals surface area contributed by atoms with E-state index in [-0.39, 0.29) is 35.1 Å². The second-order valence-corrected chi connectivity index (χ2v) is 8.87. The summed E-state index contributed by atoms with van der Waals surface area (Å²) in [7, 11) is 2.01. The van der Waals surface area contributed by atoms with Gasteiger partial charge in [0.1, 0.15) is 11.7 Å². The molecule has 2 aromatic rings. The second kappa shape index (κ2) is 8.33. The topological polar surface area (TPSA) is 74.6 Å². The number of nitrogens with zero attached hydrogens (tertiary/aromatic N) is 2. The third kappa shape index (κ3) is 3.51. The number of carboxylic acids is 1. The van der Waals surface area contributed by atoms with Crippen LogP contribution in [0.4, 0.5) is 24.5 Å². The number of nitrogens with one attached hydrogen (secondary N) is 1. The predicted molar refractivity (Wildman–Crippen MR) is 118 cm³/mol. The highest BCUT2D eigenvalue weighted by Crippen LogP contribution is 2.47. The molecule has 174 valence electrons. The Bertz CT molecular complexity index is 1130. The van der Waals surface area contributed by atoms with Crippen molar-refractivity contribution < 1.29 is 23.1 Å². The Labute approximate surface area is 184 Å². The Morgan fingerprint density at radius 2 is 1.84 bits per heavy atom. The van der Waals surface area contributed by atoms with Gasteiger partial charge in [0.15, 0.2) is 5.82 Å². The van der Waals surface area contributed by atoms with Crippen LogP contribution in [0.5, 0.6) is 0 Å². The standard InChI is InChI=1S/C22H25F2N3O3.CH3F/c1-10-19-16(21(28)14(22(29)30)8-27(19)12-5-6-12)18(25-2)17(24)20(10)26-7-13(11-3-4-11)15(23)9-26;1-2/h8,11-13,15,25H,3-7,9H2,1-2H3,(H,29,30);1H3. The van der Waals surface area contributed by atoms with Crippen LogP contribution < -0.4 is 15.6 Å². The fourth-order valence-corrected chi connectivity index (χ4v) is 5.10. The van der Waals surface area contributed by atoms with E-state index in [1.54, 1.807) is 16.4 Å². The molecule has 2 atom stereocenters. The molecule has 2 aliphatic carbocycles. The number of carboxylic acid groups (broad SMARTS) is 1. The number of halogens is 3. The maximum atomic E-state index is 15.7. The first-order chi connectivity index (χ1) is 15.3. The largest absolute Gasteiger partial charge is 0.477 e. The first kappa shape index (κ1) is 22.5. The van der Waals surface area contributed by atoms with Crippen LogP contribution in [0.3, 0.4) is 0 Å². The molecule has 9 heteroatoms. The van der Waals surface area contributed by atoms with Crippen molar-refractivity contribution in [3.63, 3.8) is 0 Å². The summed E-state index contributed by atoms with van der Waals surface area (Å²) in [5.41, 5.74) is 0.335. The number of aryl methyl sites for hydroxylation is 1. The SMILES string of the molecule is CF.CNc1c(F)c(N2CC(F)C(C3CC3)C2)c(C)c2c1c(=O)c(C(=O)O)cn2C1CC1. The number of aromatic carboxylic acids is 1.